The summed E-state index contributed by atoms with van der Waals surface area (Å²) >= 11 is 0. The Morgan fingerprint density at radius 1 is 0.516 bits per heavy atom. The summed E-state index contributed by atoms with van der Waals surface area (Å²) in [6.07, 6.45) is 28.3. The minimum atomic E-state index is 0.0735. The minimum Gasteiger partial charge on any atom is -0.462 e. The molecule has 2 unspecified atom stereocenters. The number of rotatable bonds is 24. The number of esters is 1. The normalized spacial score (nSPS) is 13.3. The molecule has 0 N–H and O–H groups in total. The van der Waals surface area contributed by atoms with Crippen molar-refractivity contribution in [3.63, 3.8) is 0 Å². The minimum absolute atomic E-state index is 0.0735. The second-order valence-corrected chi connectivity index (χ2v) is 9.81. The molecule has 2 nitrogen and oxygen atoms in total. The molecule has 0 amide bonds. The van der Waals surface area contributed by atoms with Crippen LogP contribution in [0.15, 0.2) is 0 Å². The van der Waals surface area contributed by atoms with Crippen molar-refractivity contribution in [1.29, 1.82) is 0 Å². The average Bonchev–Trinajstić information content (AvgIpc) is 2.78. The van der Waals surface area contributed by atoms with Crippen molar-refractivity contribution in [3.05, 3.63) is 0 Å². The lowest BCUT2D eigenvalue weighted by Gasteiger charge is -2.20. The van der Waals surface area contributed by atoms with Crippen LogP contribution in [0.5, 0.6) is 0 Å². The Morgan fingerprint density at radius 3 is 1.29 bits per heavy atom. The van der Waals surface area contributed by atoms with Crippen LogP contribution in [0, 0.1) is 5.92 Å². The lowest BCUT2D eigenvalue weighted by molar-refractivity contribution is -0.155. The van der Waals surface area contributed by atoms with E-state index in [2.05, 4.69) is 27.7 Å². The summed E-state index contributed by atoms with van der Waals surface area (Å²) in [5.41, 5.74) is 0. The van der Waals surface area contributed by atoms with Gasteiger partial charge in [0.2, 0.25) is 0 Å². The van der Waals surface area contributed by atoms with Crippen LogP contribution in [0.1, 0.15) is 169 Å². The fourth-order valence-corrected chi connectivity index (χ4v) is 4.48. The number of unbranched alkanes of at least 4 members (excludes halogenated alkanes) is 16. The highest BCUT2D eigenvalue weighted by atomic mass is 16.5. The fraction of sp³-hybridized carbons (Fsp3) is 0.966. The van der Waals surface area contributed by atoms with Gasteiger partial charge in [0, 0.05) is 0 Å². The number of carbonyl (C=O) groups excluding carboxylic acids is 1. The SMILES string of the molecule is CCCCCCCCCCCCCC(CC)C(=O)OC(CC)CCCCCCCCC. The Balaban J connectivity index is 3.77. The highest BCUT2D eigenvalue weighted by molar-refractivity contribution is 5.72. The van der Waals surface area contributed by atoms with Crippen LogP contribution in [-0.2, 0) is 9.53 Å². The summed E-state index contributed by atoms with van der Waals surface area (Å²) in [6, 6.07) is 0. The molecule has 0 aromatic heterocycles. The molecule has 0 aromatic rings. The monoisotopic (exact) mass is 438 g/mol. The summed E-state index contributed by atoms with van der Waals surface area (Å²) in [7, 11) is 0. The van der Waals surface area contributed by atoms with E-state index in [0.29, 0.717) is 0 Å². The maximum absolute atomic E-state index is 12.6. The Labute approximate surface area is 196 Å². The summed E-state index contributed by atoms with van der Waals surface area (Å²) in [6.45, 7) is 8.84. The van der Waals surface area contributed by atoms with Gasteiger partial charge in [-0.2, -0.15) is 0 Å². The molecule has 2 atom stereocenters. The Bertz CT molecular complexity index is 366. The van der Waals surface area contributed by atoms with Gasteiger partial charge in [-0.1, -0.05) is 137 Å². The Kier molecular flexibility index (Phi) is 23.7. The third-order valence-corrected chi connectivity index (χ3v) is 6.85. The van der Waals surface area contributed by atoms with Gasteiger partial charge < -0.3 is 4.74 Å². The van der Waals surface area contributed by atoms with Gasteiger partial charge >= 0.3 is 5.97 Å². The molecule has 186 valence electrons. The zero-order valence-corrected chi connectivity index (χ0v) is 22.0. The molecule has 0 saturated carbocycles. The van der Waals surface area contributed by atoms with E-state index in [9.17, 15) is 4.79 Å². The van der Waals surface area contributed by atoms with E-state index in [1.165, 1.54) is 116 Å². The van der Waals surface area contributed by atoms with Crippen LogP contribution in [0.3, 0.4) is 0 Å². The van der Waals surface area contributed by atoms with Gasteiger partial charge in [0.15, 0.2) is 0 Å². The quantitative estimate of drug-likeness (QED) is 0.111. The smallest absolute Gasteiger partial charge is 0.309 e. The highest BCUT2D eigenvalue weighted by Crippen LogP contribution is 2.20. The summed E-state index contributed by atoms with van der Waals surface area (Å²) in [5.74, 6) is 0.186. The third kappa shape index (κ3) is 19.9. The zero-order chi connectivity index (χ0) is 23.0. The molecule has 0 rings (SSSR count). The van der Waals surface area contributed by atoms with Crippen LogP contribution in [0.4, 0.5) is 0 Å². The highest BCUT2D eigenvalue weighted by Gasteiger charge is 2.21. The second kappa shape index (κ2) is 24.1. The van der Waals surface area contributed by atoms with E-state index in [4.69, 9.17) is 4.74 Å². The summed E-state index contributed by atoms with van der Waals surface area (Å²) in [4.78, 5) is 12.6. The van der Waals surface area contributed by atoms with Crippen molar-refractivity contribution >= 4 is 5.97 Å². The van der Waals surface area contributed by atoms with Crippen molar-refractivity contribution in [2.45, 2.75) is 175 Å². The zero-order valence-electron chi connectivity index (χ0n) is 22.0. The molecule has 0 saturated heterocycles. The van der Waals surface area contributed by atoms with Gasteiger partial charge in [-0.05, 0) is 32.1 Å². The topological polar surface area (TPSA) is 26.3 Å². The maximum Gasteiger partial charge on any atom is 0.309 e. The molecule has 0 aliphatic heterocycles. The molecule has 0 bridgehead atoms. The van der Waals surface area contributed by atoms with E-state index in [0.717, 1.165) is 25.7 Å². The number of hydrogen-bond acceptors (Lipinski definition) is 2. The molecule has 0 aliphatic carbocycles. The third-order valence-electron chi connectivity index (χ3n) is 6.85. The van der Waals surface area contributed by atoms with Crippen LogP contribution in [0.25, 0.3) is 0 Å². The lowest BCUT2D eigenvalue weighted by Crippen LogP contribution is -2.24. The van der Waals surface area contributed by atoms with Crippen molar-refractivity contribution < 1.29 is 9.53 Å². The molecule has 2 heteroatoms. The molecule has 0 spiro atoms. The maximum atomic E-state index is 12.6. The van der Waals surface area contributed by atoms with Gasteiger partial charge in [0.1, 0.15) is 6.10 Å². The van der Waals surface area contributed by atoms with Crippen LogP contribution >= 0.6 is 0 Å². The summed E-state index contributed by atoms with van der Waals surface area (Å²) in [5, 5.41) is 0. The number of hydrogen-bond donors (Lipinski definition) is 0. The van der Waals surface area contributed by atoms with E-state index in [1.807, 2.05) is 0 Å². The second-order valence-electron chi connectivity index (χ2n) is 9.81. The molecule has 0 fully saturated rings. The first-order valence-electron chi connectivity index (χ1n) is 14.4. The Hall–Kier alpha value is -0.530. The van der Waals surface area contributed by atoms with Crippen molar-refractivity contribution in [2.24, 2.45) is 5.92 Å². The van der Waals surface area contributed by atoms with Crippen molar-refractivity contribution in [1.82, 2.24) is 0 Å². The first-order chi connectivity index (χ1) is 15.2. The van der Waals surface area contributed by atoms with Crippen LogP contribution < -0.4 is 0 Å². The van der Waals surface area contributed by atoms with Gasteiger partial charge in [0.05, 0.1) is 5.92 Å². The lowest BCUT2D eigenvalue weighted by atomic mass is 9.97. The number of ether oxygens (including phenoxy) is 1. The molecule has 0 heterocycles. The average molecular weight is 439 g/mol. The molecule has 0 aromatic carbocycles. The molecular weight excluding hydrogens is 380 g/mol. The van der Waals surface area contributed by atoms with E-state index in [1.54, 1.807) is 0 Å². The molecule has 0 radical (unpaired) electrons. The van der Waals surface area contributed by atoms with E-state index < -0.39 is 0 Å². The fourth-order valence-electron chi connectivity index (χ4n) is 4.48. The van der Waals surface area contributed by atoms with Crippen molar-refractivity contribution in [3.8, 4) is 0 Å². The standard InChI is InChI=1S/C29H58O2/c1-5-9-11-13-15-16-17-18-20-21-23-25-27(7-3)29(30)31-28(8-4)26-24-22-19-14-12-10-6-2/h27-28H,5-26H2,1-4H3. The van der Waals surface area contributed by atoms with Gasteiger partial charge in [-0.15, -0.1) is 0 Å². The first kappa shape index (κ1) is 30.5. The van der Waals surface area contributed by atoms with E-state index in [-0.39, 0.29) is 18.0 Å². The first-order valence-corrected chi connectivity index (χ1v) is 14.4. The largest absolute Gasteiger partial charge is 0.462 e. The van der Waals surface area contributed by atoms with Crippen LogP contribution in [0.2, 0.25) is 0 Å². The van der Waals surface area contributed by atoms with Crippen LogP contribution in [-0.4, -0.2) is 12.1 Å². The molecule has 0 aliphatic rings. The van der Waals surface area contributed by atoms with Gasteiger partial charge in [-0.25, -0.2) is 0 Å². The molecular formula is C29H58O2. The Morgan fingerprint density at radius 2 is 0.903 bits per heavy atom. The van der Waals surface area contributed by atoms with Crippen molar-refractivity contribution in [2.75, 3.05) is 0 Å². The van der Waals surface area contributed by atoms with E-state index >= 15 is 0 Å². The van der Waals surface area contributed by atoms with Gasteiger partial charge in [0.25, 0.3) is 0 Å². The summed E-state index contributed by atoms with van der Waals surface area (Å²) < 4.78 is 5.91. The predicted molar refractivity (Wildman–Crippen MR) is 138 cm³/mol. The number of carbonyl (C=O) groups is 1. The molecule has 31 heavy (non-hydrogen) atoms. The predicted octanol–water partition coefficient (Wildman–Crippen LogP) is 10.2. The van der Waals surface area contributed by atoms with Gasteiger partial charge in [-0.3, -0.25) is 4.79 Å².